The van der Waals surface area contributed by atoms with Crippen molar-refractivity contribution >= 4 is 17.3 Å². The zero-order valence-electron chi connectivity index (χ0n) is 9.37. The number of aromatic nitrogens is 1. The Bertz CT molecular complexity index is 529. The van der Waals surface area contributed by atoms with E-state index < -0.39 is 0 Å². The zero-order chi connectivity index (χ0) is 12.3. The van der Waals surface area contributed by atoms with Gasteiger partial charge in [-0.15, -0.1) is 0 Å². The normalized spacial score (nSPS) is 10.3. The summed E-state index contributed by atoms with van der Waals surface area (Å²) in [6, 6.07) is 6.62. The Balaban J connectivity index is 2.07. The van der Waals surface area contributed by atoms with Gasteiger partial charge in [0.05, 0.1) is 5.69 Å². The number of halogens is 2. The van der Waals surface area contributed by atoms with Crippen LogP contribution in [0.4, 0.5) is 10.1 Å². The van der Waals surface area contributed by atoms with Gasteiger partial charge in [0, 0.05) is 29.5 Å². The summed E-state index contributed by atoms with van der Waals surface area (Å²) in [5.41, 5.74) is 2.52. The van der Waals surface area contributed by atoms with Crippen LogP contribution in [-0.2, 0) is 6.54 Å². The van der Waals surface area contributed by atoms with Gasteiger partial charge in [0.1, 0.15) is 5.82 Å². The largest absolute Gasteiger partial charge is 0.380 e. The first-order valence-electron chi connectivity index (χ1n) is 5.24. The molecular weight excluding hydrogens is 239 g/mol. The highest BCUT2D eigenvalue weighted by Crippen LogP contribution is 2.16. The minimum atomic E-state index is -0.300. The topological polar surface area (TPSA) is 24.9 Å². The van der Waals surface area contributed by atoms with E-state index in [1.54, 1.807) is 24.5 Å². The summed E-state index contributed by atoms with van der Waals surface area (Å²) in [6.07, 6.45) is 3.48. The van der Waals surface area contributed by atoms with Crippen molar-refractivity contribution in [1.82, 2.24) is 4.98 Å². The van der Waals surface area contributed by atoms with E-state index in [9.17, 15) is 4.39 Å². The fraction of sp³-hybridized carbons (Fsp3) is 0.154. The first-order chi connectivity index (χ1) is 8.15. The number of benzene rings is 1. The lowest BCUT2D eigenvalue weighted by molar-refractivity contribution is 0.613. The molecule has 0 aliphatic heterocycles. The van der Waals surface area contributed by atoms with Gasteiger partial charge in [-0.05, 0) is 30.7 Å². The van der Waals surface area contributed by atoms with Gasteiger partial charge in [-0.25, -0.2) is 4.39 Å². The number of aryl methyl sites for hydroxylation is 1. The van der Waals surface area contributed by atoms with Crippen LogP contribution in [0.2, 0.25) is 5.02 Å². The molecule has 0 amide bonds. The highest BCUT2D eigenvalue weighted by atomic mass is 35.5. The number of pyridine rings is 1. The third-order valence-corrected chi connectivity index (χ3v) is 2.61. The van der Waals surface area contributed by atoms with Crippen molar-refractivity contribution in [3.8, 4) is 0 Å². The molecular formula is C13H12ClFN2. The Hall–Kier alpha value is -1.61. The van der Waals surface area contributed by atoms with E-state index >= 15 is 0 Å². The molecule has 1 heterocycles. The minimum absolute atomic E-state index is 0.300. The lowest BCUT2D eigenvalue weighted by Gasteiger charge is -2.07. The average Bonchev–Trinajstić information content (AvgIpc) is 2.28. The van der Waals surface area contributed by atoms with Crippen LogP contribution in [0.25, 0.3) is 0 Å². The molecule has 88 valence electrons. The third kappa shape index (κ3) is 3.17. The molecule has 0 saturated carbocycles. The van der Waals surface area contributed by atoms with Gasteiger partial charge >= 0.3 is 0 Å². The predicted octanol–water partition coefficient (Wildman–Crippen LogP) is 3.79. The SMILES string of the molecule is Cc1cncc(NCc2ccc(Cl)cc2F)c1. The molecule has 17 heavy (non-hydrogen) atoms. The van der Waals surface area contributed by atoms with Gasteiger partial charge in [-0.3, -0.25) is 4.98 Å². The lowest BCUT2D eigenvalue weighted by Crippen LogP contribution is -2.02. The molecule has 0 aliphatic carbocycles. The number of rotatable bonds is 3. The van der Waals surface area contributed by atoms with Crippen molar-refractivity contribution < 1.29 is 4.39 Å². The first-order valence-corrected chi connectivity index (χ1v) is 5.62. The first kappa shape index (κ1) is 11.9. The Kier molecular flexibility index (Phi) is 3.59. The summed E-state index contributed by atoms with van der Waals surface area (Å²) >= 11 is 5.68. The quantitative estimate of drug-likeness (QED) is 0.896. The standard InChI is InChI=1S/C13H12ClFN2/c1-9-4-12(8-16-6-9)17-7-10-2-3-11(14)5-13(10)15/h2-6,8,17H,7H2,1H3. The second-order valence-corrected chi connectivity index (χ2v) is 4.28. The molecule has 4 heteroatoms. The van der Waals surface area contributed by atoms with E-state index in [-0.39, 0.29) is 5.82 Å². The van der Waals surface area contributed by atoms with E-state index in [4.69, 9.17) is 11.6 Å². The fourth-order valence-corrected chi connectivity index (χ4v) is 1.67. The van der Waals surface area contributed by atoms with Crippen molar-refractivity contribution in [2.24, 2.45) is 0 Å². The summed E-state index contributed by atoms with van der Waals surface area (Å²) in [4.78, 5) is 4.06. The molecule has 1 N–H and O–H groups in total. The van der Waals surface area contributed by atoms with Gasteiger partial charge in [-0.1, -0.05) is 17.7 Å². The van der Waals surface area contributed by atoms with Crippen LogP contribution in [0.3, 0.4) is 0 Å². The molecule has 1 aromatic heterocycles. The third-order valence-electron chi connectivity index (χ3n) is 2.37. The zero-order valence-corrected chi connectivity index (χ0v) is 10.1. The van der Waals surface area contributed by atoms with Crippen molar-refractivity contribution in [2.45, 2.75) is 13.5 Å². The molecule has 0 bridgehead atoms. The lowest BCUT2D eigenvalue weighted by atomic mass is 10.2. The molecule has 2 nitrogen and oxygen atoms in total. The monoisotopic (exact) mass is 250 g/mol. The maximum absolute atomic E-state index is 13.5. The summed E-state index contributed by atoms with van der Waals surface area (Å²) in [6.45, 7) is 2.37. The van der Waals surface area contributed by atoms with Gasteiger partial charge in [0.25, 0.3) is 0 Å². The molecule has 0 atom stereocenters. The maximum atomic E-state index is 13.5. The van der Waals surface area contributed by atoms with E-state index in [1.165, 1.54) is 6.07 Å². The van der Waals surface area contributed by atoms with Crippen molar-refractivity contribution in [3.05, 3.63) is 58.6 Å². The predicted molar refractivity (Wildman–Crippen MR) is 67.7 cm³/mol. The Morgan fingerprint density at radius 3 is 2.82 bits per heavy atom. The fourth-order valence-electron chi connectivity index (χ4n) is 1.51. The van der Waals surface area contributed by atoms with Crippen molar-refractivity contribution in [1.29, 1.82) is 0 Å². The molecule has 1 aromatic carbocycles. The van der Waals surface area contributed by atoms with Gasteiger partial charge in [0.2, 0.25) is 0 Å². The van der Waals surface area contributed by atoms with E-state index in [1.807, 2.05) is 13.0 Å². The van der Waals surface area contributed by atoms with Crippen LogP contribution in [0, 0.1) is 12.7 Å². The number of hydrogen-bond acceptors (Lipinski definition) is 2. The van der Waals surface area contributed by atoms with Crippen LogP contribution in [0.5, 0.6) is 0 Å². The molecule has 0 saturated heterocycles. The van der Waals surface area contributed by atoms with Crippen LogP contribution in [-0.4, -0.2) is 4.98 Å². The number of nitrogens with one attached hydrogen (secondary N) is 1. The second-order valence-electron chi connectivity index (χ2n) is 3.84. The van der Waals surface area contributed by atoms with Crippen molar-refractivity contribution in [3.63, 3.8) is 0 Å². The summed E-state index contributed by atoms with van der Waals surface area (Å²) in [5.74, 6) is -0.300. The van der Waals surface area contributed by atoms with E-state index in [0.29, 0.717) is 17.1 Å². The van der Waals surface area contributed by atoms with Crippen molar-refractivity contribution in [2.75, 3.05) is 5.32 Å². The Labute approximate surface area is 104 Å². The average molecular weight is 251 g/mol. The van der Waals surface area contributed by atoms with Gasteiger partial charge in [0.15, 0.2) is 0 Å². The summed E-state index contributed by atoms with van der Waals surface area (Å²) in [7, 11) is 0. The van der Waals surface area contributed by atoms with Crippen LogP contribution in [0.1, 0.15) is 11.1 Å². The number of anilines is 1. The highest BCUT2D eigenvalue weighted by Gasteiger charge is 2.02. The smallest absolute Gasteiger partial charge is 0.129 e. The second kappa shape index (κ2) is 5.15. The molecule has 0 aliphatic rings. The van der Waals surface area contributed by atoms with Crippen LogP contribution in [0.15, 0.2) is 36.7 Å². The summed E-state index contributed by atoms with van der Waals surface area (Å²) in [5, 5.41) is 3.52. The molecule has 2 rings (SSSR count). The number of nitrogens with zero attached hydrogens (tertiary/aromatic N) is 1. The van der Waals surface area contributed by atoms with E-state index in [2.05, 4.69) is 10.3 Å². The highest BCUT2D eigenvalue weighted by molar-refractivity contribution is 6.30. The van der Waals surface area contributed by atoms with Crippen LogP contribution >= 0.6 is 11.6 Å². The minimum Gasteiger partial charge on any atom is -0.380 e. The van der Waals surface area contributed by atoms with E-state index in [0.717, 1.165) is 11.3 Å². The number of hydrogen-bond donors (Lipinski definition) is 1. The molecule has 0 unspecified atom stereocenters. The molecule has 0 fully saturated rings. The molecule has 0 radical (unpaired) electrons. The summed E-state index contributed by atoms with van der Waals surface area (Å²) < 4.78 is 13.5. The Morgan fingerprint density at radius 1 is 1.29 bits per heavy atom. The van der Waals surface area contributed by atoms with Gasteiger partial charge < -0.3 is 5.32 Å². The molecule has 0 spiro atoms. The van der Waals surface area contributed by atoms with Gasteiger partial charge in [-0.2, -0.15) is 0 Å². The maximum Gasteiger partial charge on any atom is 0.129 e. The molecule has 2 aromatic rings. The van der Waals surface area contributed by atoms with Crippen LogP contribution < -0.4 is 5.32 Å². The Morgan fingerprint density at radius 2 is 2.12 bits per heavy atom.